The summed E-state index contributed by atoms with van der Waals surface area (Å²) in [6.07, 6.45) is 0.399. The minimum absolute atomic E-state index is 0.399. The quantitative estimate of drug-likeness (QED) is 0.830. The van der Waals surface area contributed by atoms with Crippen molar-refractivity contribution in [3.05, 3.63) is 35.6 Å². The number of nitrogens with one attached hydrogen (secondary N) is 1. The Morgan fingerprint density at radius 3 is 2.32 bits per heavy atom. The molecule has 0 aliphatic rings. The van der Waals surface area contributed by atoms with Crippen LogP contribution in [-0.4, -0.2) is 29.7 Å². The second-order valence-electron chi connectivity index (χ2n) is 4.07. The Labute approximate surface area is 109 Å². The van der Waals surface area contributed by atoms with Gasteiger partial charge >= 0.3 is 5.97 Å². The number of carbonyl (C=O) groups is 2. The molecule has 1 aromatic carbocycles. The van der Waals surface area contributed by atoms with Crippen molar-refractivity contribution in [1.82, 2.24) is 5.32 Å². The van der Waals surface area contributed by atoms with Crippen molar-refractivity contribution < 1.29 is 23.5 Å². The Hall–Kier alpha value is -1.98. The van der Waals surface area contributed by atoms with Crippen molar-refractivity contribution in [2.24, 2.45) is 0 Å². The molecule has 0 saturated carbocycles. The molecule has 2 unspecified atom stereocenters. The Balaban J connectivity index is 2.82. The Morgan fingerprint density at radius 1 is 1.32 bits per heavy atom. The zero-order valence-electron chi connectivity index (χ0n) is 10.4. The molecule has 0 aliphatic carbocycles. The predicted molar refractivity (Wildman–Crippen MR) is 65.0 cm³/mol. The summed E-state index contributed by atoms with van der Waals surface area (Å²) in [5.41, 5.74) is 0.560. The molecule has 2 atom stereocenters. The number of rotatable bonds is 6. The van der Waals surface area contributed by atoms with E-state index in [-0.39, 0.29) is 0 Å². The lowest BCUT2D eigenvalue weighted by Gasteiger charge is -2.18. The molecular weight excluding hydrogens is 256 g/mol. The van der Waals surface area contributed by atoms with Crippen LogP contribution in [0.2, 0.25) is 0 Å². The standard InChI is InChI=1S/C13H15F2NO3/c1-2-10(8-3-5-9(15)6-4-8)12(17)16-11(7-14)13(18)19/h3-6,10-11H,2,7H2,1H3,(H,16,17)(H,18,19). The van der Waals surface area contributed by atoms with E-state index in [1.165, 1.54) is 24.3 Å². The molecule has 104 valence electrons. The Morgan fingerprint density at radius 2 is 1.89 bits per heavy atom. The molecule has 0 aromatic heterocycles. The number of carboxylic acids is 1. The second-order valence-corrected chi connectivity index (χ2v) is 4.07. The summed E-state index contributed by atoms with van der Waals surface area (Å²) >= 11 is 0. The lowest BCUT2D eigenvalue weighted by atomic mass is 9.95. The third kappa shape index (κ3) is 4.01. The van der Waals surface area contributed by atoms with Gasteiger partial charge in [0.2, 0.25) is 5.91 Å². The van der Waals surface area contributed by atoms with E-state index in [0.29, 0.717) is 12.0 Å². The molecule has 0 radical (unpaired) electrons. The van der Waals surface area contributed by atoms with Gasteiger partial charge < -0.3 is 10.4 Å². The fourth-order valence-electron chi connectivity index (χ4n) is 1.71. The number of halogens is 2. The molecule has 0 heterocycles. The van der Waals surface area contributed by atoms with Crippen LogP contribution in [0.3, 0.4) is 0 Å². The average Bonchev–Trinajstić information content (AvgIpc) is 2.38. The van der Waals surface area contributed by atoms with Crippen LogP contribution in [0, 0.1) is 5.82 Å². The van der Waals surface area contributed by atoms with E-state index in [2.05, 4.69) is 5.32 Å². The van der Waals surface area contributed by atoms with Crippen molar-refractivity contribution in [2.45, 2.75) is 25.3 Å². The van der Waals surface area contributed by atoms with Gasteiger partial charge in [0.1, 0.15) is 12.5 Å². The number of alkyl halides is 1. The largest absolute Gasteiger partial charge is 0.480 e. The number of hydrogen-bond acceptors (Lipinski definition) is 2. The van der Waals surface area contributed by atoms with Gasteiger partial charge in [-0.2, -0.15) is 0 Å². The highest BCUT2D eigenvalue weighted by atomic mass is 19.1. The van der Waals surface area contributed by atoms with Crippen molar-refractivity contribution in [3.63, 3.8) is 0 Å². The molecule has 4 nitrogen and oxygen atoms in total. The number of amides is 1. The average molecular weight is 271 g/mol. The van der Waals surface area contributed by atoms with Gasteiger partial charge in [0.25, 0.3) is 0 Å². The summed E-state index contributed by atoms with van der Waals surface area (Å²) in [5.74, 6) is -3.07. The second kappa shape index (κ2) is 6.82. The highest BCUT2D eigenvalue weighted by Gasteiger charge is 2.25. The number of hydrogen-bond donors (Lipinski definition) is 2. The molecule has 19 heavy (non-hydrogen) atoms. The number of benzene rings is 1. The van der Waals surface area contributed by atoms with Crippen LogP contribution >= 0.6 is 0 Å². The number of aliphatic carboxylic acids is 1. The fourth-order valence-corrected chi connectivity index (χ4v) is 1.71. The van der Waals surface area contributed by atoms with E-state index in [1.54, 1.807) is 6.92 Å². The first-order valence-corrected chi connectivity index (χ1v) is 5.84. The fraction of sp³-hybridized carbons (Fsp3) is 0.385. The van der Waals surface area contributed by atoms with Crippen molar-refractivity contribution in [3.8, 4) is 0 Å². The SMILES string of the molecule is CCC(C(=O)NC(CF)C(=O)O)c1ccc(F)cc1. The third-order valence-electron chi connectivity index (χ3n) is 2.77. The maximum absolute atomic E-state index is 12.8. The summed E-state index contributed by atoms with van der Waals surface area (Å²) in [7, 11) is 0. The lowest BCUT2D eigenvalue weighted by molar-refractivity contribution is -0.142. The van der Waals surface area contributed by atoms with Crippen LogP contribution in [0.1, 0.15) is 24.8 Å². The lowest BCUT2D eigenvalue weighted by Crippen LogP contribution is -2.44. The minimum atomic E-state index is -1.55. The molecule has 1 rings (SSSR count). The van der Waals surface area contributed by atoms with Gasteiger partial charge in [-0.25, -0.2) is 13.6 Å². The first-order valence-electron chi connectivity index (χ1n) is 5.84. The molecule has 2 N–H and O–H groups in total. The minimum Gasteiger partial charge on any atom is -0.480 e. The number of carboxylic acid groups (broad SMARTS) is 1. The van der Waals surface area contributed by atoms with Crippen LogP contribution < -0.4 is 5.32 Å². The Kier molecular flexibility index (Phi) is 5.41. The maximum atomic E-state index is 12.8. The zero-order valence-corrected chi connectivity index (χ0v) is 10.4. The van der Waals surface area contributed by atoms with E-state index >= 15 is 0 Å². The van der Waals surface area contributed by atoms with Gasteiger partial charge in [0.15, 0.2) is 6.04 Å². The van der Waals surface area contributed by atoms with E-state index < -0.39 is 36.3 Å². The number of carbonyl (C=O) groups excluding carboxylic acids is 1. The van der Waals surface area contributed by atoms with E-state index in [0.717, 1.165) is 0 Å². The van der Waals surface area contributed by atoms with Crippen LogP contribution in [0.4, 0.5) is 8.78 Å². The molecule has 1 amide bonds. The summed E-state index contributed by atoms with van der Waals surface area (Å²) < 4.78 is 25.2. The Bertz CT molecular complexity index is 448. The van der Waals surface area contributed by atoms with Gasteiger partial charge in [-0.1, -0.05) is 19.1 Å². The van der Waals surface area contributed by atoms with Crippen LogP contribution in [0.15, 0.2) is 24.3 Å². The third-order valence-corrected chi connectivity index (χ3v) is 2.77. The van der Waals surface area contributed by atoms with Gasteiger partial charge in [0, 0.05) is 0 Å². The van der Waals surface area contributed by atoms with Gasteiger partial charge in [-0.3, -0.25) is 4.79 Å². The molecule has 0 fully saturated rings. The summed E-state index contributed by atoms with van der Waals surface area (Å²) in [6.45, 7) is 0.555. The normalized spacial score (nSPS) is 13.6. The van der Waals surface area contributed by atoms with Crippen LogP contribution in [0.5, 0.6) is 0 Å². The molecule has 0 aliphatic heterocycles. The molecule has 0 saturated heterocycles. The highest BCUT2D eigenvalue weighted by molar-refractivity contribution is 5.88. The zero-order chi connectivity index (χ0) is 14.4. The monoisotopic (exact) mass is 271 g/mol. The van der Waals surface area contributed by atoms with Crippen molar-refractivity contribution in [2.75, 3.05) is 6.67 Å². The van der Waals surface area contributed by atoms with Gasteiger partial charge in [-0.05, 0) is 24.1 Å². The maximum Gasteiger partial charge on any atom is 0.328 e. The van der Waals surface area contributed by atoms with Crippen molar-refractivity contribution in [1.29, 1.82) is 0 Å². The van der Waals surface area contributed by atoms with E-state index in [1.807, 2.05) is 0 Å². The topological polar surface area (TPSA) is 66.4 Å². The molecule has 0 bridgehead atoms. The molecular formula is C13H15F2NO3. The summed E-state index contributed by atoms with van der Waals surface area (Å²) in [5, 5.41) is 10.8. The summed E-state index contributed by atoms with van der Waals surface area (Å²) in [4.78, 5) is 22.6. The smallest absolute Gasteiger partial charge is 0.328 e. The van der Waals surface area contributed by atoms with Crippen LogP contribution in [-0.2, 0) is 9.59 Å². The first-order chi connectivity index (χ1) is 8.99. The summed E-state index contributed by atoms with van der Waals surface area (Å²) in [6, 6.07) is 3.79. The molecule has 1 aromatic rings. The predicted octanol–water partition coefficient (Wildman–Crippen LogP) is 1.86. The van der Waals surface area contributed by atoms with E-state index in [4.69, 9.17) is 5.11 Å². The van der Waals surface area contributed by atoms with Crippen LogP contribution in [0.25, 0.3) is 0 Å². The van der Waals surface area contributed by atoms with E-state index in [9.17, 15) is 18.4 Å². The van der Waals surface area contributed by atoms with Gasteiger partial charge in [0.05, 0.1) is 5.92 Å². The van der Waals surface area contributed by atoms with Gasteiger partial charge in [-0.15, -0.1) is 0 Å². The highest BCUT2D eigenvalue weighted by Crippen LogP contribution is 2.20. The molecule has 0 spiro atoms. The van der Waals surface area contributed by atoms with Crippen molar-refractivity contribution >= 4 is 11.9 Å². The molecule has 6 heteroatoms. The first kappa shape index (κ1) is 15.1.